The minimum atomic E-state index is -0.676. The van der Waals surface area contributed by atoms with Crippen LogP contribution in [-0.4, -0.2) is 29.3 Å². The van der Waals surface area contributed by atoms with Gasteiger partial charge in [-0.25, -0.2) is 9.78 Å². The second-order valence-corrected chi connectivity index (χ2v) is 7.91. The number of amides is 1. The molecule has 0 aliphatic carbocycles. The molecule has 0 atom stereocenters. The minimum absolute atomic E-state index is 0.225. The summed E-state index contributed by atoms with van der Waals surface area (Å²) in [4.78, 5) is 43.1. The van der Waals surface area contributed by atoms with Crippen LogP contribution in [-0.2, 0) is 9.53 Å². The standard InChI is InChI=1S/C29H20N2O5/c32-27(31-24-14-7-5-12-21(24)28(33)19-9-2-1-3-10-19)18-36-29(34)22-17-25(26-15-8-16-35-26)30-23-13-6-4-11-20(22)23/h1-17H,18H2,(H,31,32). The fourth-order valence-electron chi connectivity index (χ4n) is 3.83. The summed E-state index contributed by atoms with van der Waals surface area (Å²) in [5.41, 5.74) is 2.51. The van der Waals surface area contributed by atoms with Crippen LogP contribution in [0.4, 0.5) is 5.69 Å². The number of carbonyl (C=O) groups is 3. The number of furan rings is 1. The molecule has 1 N–H and O–H groups in total. The Morgan fingerprint density at radius 2 is 1.56 bits per heavy atom. The summed E-state index contributed by atoms with van der Waals surface area (Å²) in [7, 11) is 0. The first-order valence-electron chi connectivity index (χ1n) is 11.2. The topological polar surface area (TPSA) is 98.5 Å². The van der Waals surface area contributed by atoms with E-state index in [0.29, 0.717) is 39.2 Å². The fraction of sp³-hybridized carbons (Fsp3) is 0.0345. The van der Waals surface area contributed by atoms with Gasteiger partial charge in [-0.05, 0) is 36.4 Å². The lowest BCUT2D eigenvalue weighted by Crippen LogP contribution is -2.22. The Kier molecular flexibility index (Phi) is 6.36. The fourth-order valence-corrected chi connectivity index (χ4v) is 3.83. The normalized spacial score (nSPS) is 10.7. The van der Waals surface area contributed by atoms with E-state index in [0.717, 1.165) is 0 Å². The van der Waals surface area contributed by atoms with E-state index in [9.17, 15) is 14.4 Å². The van der Waals surface area contributed by atoms with E-state index in [1.807, 2.05) is 12.1 Å². The summed E-state index contributed by atoms with van der Waals surface area (Å²) in [6.45, 7) is -0.528. The number of fused-ring (bicyclic) bond motifs is 1. The lowest BCUT2D eigenvalue weighted by atomic mass is 10.0. The van der Waals surface area contributed by atoms with Crippen LogP contribution >= 0.6 is 0 Å². The van der Waals surface area contributed by atoms with E-state index < -0.39 is 18.5 Å². The maximum absolute atomic E-state index is 13.0. The third kappa shape index (κ3) is 4.76. The number of hydrogen-bond acceptors (Lipinski definition) is 6. The van der Waals surface area contributed by atoms with E-state index in [4.69, 9.17) is 9.15 Å². The molecule has 5 rings (SSSR count). The molecule has 0 fully saturated rings. The van der Waals surface area contributed by atoms with Crippen LogP contribution in [0.2, 0.25) is 0 Å². The molecule has 7 nitrogen and oxygen atoms in total. The second kappa shape index (κ2) is 10.1. The molecular formula is C29H20N2O5. The number of esters is 1. The van der Waals surface area contributed by atoms with Crippen LogP contribution in [0.25, 0.3) is 22.4 Å². The van der Waals surface area contributed by atoms with Gasteiger partial charge in [-0.15, -0.1) is 0 Å². The second-order valence-electron chi connectivity index (χ2n) is 7.91. The van der Waals surface area contributed by atoms with Crippen molar-refractivity contribution in [2.45, 2.75) is 0 Å². The Labute approximate surface area is 206 Å². The summed E-state index contributed by atoms with van der Waals surface area (Å²) in [6.07, 6.45) is 1.52. The molecule has 1 amide bonds. The molecule has 0 aliphatic rings. The number of pyridine rings is 1. The van der Waals surface area contributed by atoms with Crippen LogP contribution in [0.3, 0.4) is 0 Å². The quantitative estimate of drug-likeness (QED) is 0.245. The van der Waals surface area contributed by atoms with Crippen molar-refractivity contribution >= 4 is 34.3 Å². The van der Waals surface area contributed by atoms with E-state index in [-0.39, 0.29) is 11.3 Å². The van der Waals surface area contributed by atoms with Crippen molar-refractivity contribution in [3.05, 3.63) is 120 Å². The molecule has 5 aromatic rings. The zero-order valence-electron chi connectivity index (χ0n) is 19.0. The van der Waals surface area contributed by atoms with Crippen molar-refractivity contribution in [3.8, 4) is 11.5 Å². The predicted molar refractivity (Wildman–Crippen MR) is 135 cm³/mol. The van der Waals surface area contributed by atoms with Gasteiger partial charge in [0, 0.05) is 16.5 Å². The number of anilines is 1. The number of aromatic nitrogens is 1. The van der Waals surface area contributed by atoms with Crippen molar-refractivity contribution < 1.29 is 23.5 Å². The Bertz CT molecular complexity index is 1560. The van der Waals surface area contributed by atoms with Crippen molar-refractivity contribution in [2.75, 3.05) is 11.9 Å². The smallest absolute Gasteiger partial charge is 0.339 e. The van der Waals surface area contributed by atoms with Gasteiger partial charge in [-0.1, -0.05) is 60.7 Å². The van der Waals surface area contributed by atoms with E-state index in [1.165, 1.54) is 6.26 Å². The van der Waals surface area contributed by atoms with Crippen LogP contribution in [0.1, 0.15) is 26.3 Å². The molecular weight excluding hydrogens is 456 g/mol. The number of carbonyl (C=O) groups excluding carboxylic acids is 3. The van der Waals surface area contributed by atoms with Crippen LogP contribution in [0, 0.1) is 0 Å². The first kappa shape index (κ1) is 22.7. The number of ketones is 1. The van der Waals surface area contributed by atoms with Crippen molar-refractivity contribution in [2.24, 2.45) is 0 Å². The zero-order chi connectivity index (χ0) is 24.9. The van der Waals surface area contributed by atoms with E-state index in [1.54, 1.807) is 84.9 Å². The average molecular weight is 476 g/mol. The number of nitrogens with zero attached hydrogens (tertiary/aromatic N) is 1. The lowest BCUT2D eigenvalue weighted by Gasteiger charge is -2.12. The van der Waals surface area contributed by atoms with Gasteiger partial charge >= 0.3 is 5.97 Å². The van der Waals surface area contributed by atoms with E-state index in [2.05, 4.69) is 10.3 Å². The lowest BCUT2D eigenvalue weighted by molar-refractivity contribution is -0.119. The molecule has 3 aromatic carbocycles. The van der Waals surface area contributed by atoms with Crippen LogP contribution in [0.5, 0.6) is 0 Å². The average Bonchev–Trinajstić information content (AvgIpc) is 3.47. The number of nitrogens with one attached hydrogen (secondary N) is 1. The molecule has 176 valence electrons. The van der Waals surface area contributed by atoms with Crippen LogP contribution in [0.15, 0.2) is 108 Å². The summed E-state index contributed by atoms with van der Waals surface area (Å²) in [5, 5.41) is 3.27. The Morgan fingerprint density at radius 3 is 2.36 bits per heavy atom. The molecule has 0 unspecified atom stereocenters. The summed E-state index contributed by atoms with van der Waals surface area (Å²) < 4.78 is 10.8. The molecule has 2 aromatic heterocycles. The van der Waals surface area contributed by atoms with Crippen LogP contribution < -0.4 is 5.32 Å². The van der Waals surface area contributed by atoms with E-state index >= 15 is 0 Å². The molecule has 0 bridgehead atoms. The van der Waals surface area contributed by atoms with Gasteiger partial charge in [0.15, 0.2) is 18.2 Å². The van der Waals surface area contributed by atoms with Gasteiger partial charge in [0.05, 0.1) is 23.0 Å². The molecule has 0 spiro atoms. The maximum atomic E-state index is 13.0. The van der Waals surface area contributed by atoms with Gasteiger partial charge < -0.3 is 14.5 Å². The van der Waals surface area contributed by atoms with Gasteiger partial charge in [0.25, 0.3) is 5.91 Å². The minimum Gasteiger partial charge on any atom is -0.463 e. The Hall–Kier alpha value is -5.04. The summed E-state index contributed by atoms with van der Waals surface area (Å²) >= 11 is 0. The monoisotopic (exact) mass is 476 g/mol. The third-order valence-corrected chi connectivity index (χ3v) is 5.53. The SMILES string of the molecule is O=C(COC(=O)c1cc(-c2ccco2)nc2ccccc12)Nc1ccccc1C(=O)c1ccccc1. The third-order valence-electron chi connectivity index (χ3n) is 5.53. The highest BCUT2D eigenvalue weighted by molar-refractivity contribution is 6.14. The molecule has 2 heterocycles. The predicted octanol–water partition coefficient (Wildman–Crippen LogP) is 5.52. The molecule has 0 saturated carbocycles. The molecule has 0 saturated heterocycles. The highest BCUT2D eigenvalue weighted by atomic mass is 16.5. The number of benzene rings is 3. The first-order valence-corrected chi connectivity index (χ1v) is 11.2. The molecule has 0 aliphatic heterocycles. The summed E-state index contributed by atoms with van der Waals surface area (Å²) in [5.74, 6) is -0.962. The zero-order valence-corrected chi connectivity index (χ0v) is 19.0. The van der Waals surface area contributed by atoms with Gasteiger partial charge in [-0.2, -0.15) is 0 Å². The highest BCUT2D eigenvalue weighted by Gasteiger charge is 2.19. The largest absolute Gasteiger partial charge is 0.463 e. The number of para-hydroxylation sites is 2. The molecule has 7 heteroatoms. The van der Waals surface area contributed by atoms with Gasteiger partial charge in [0.2, 0.25) is 0 Å². The summed E-state index contributed by atoms with van der Waals surface area (Å²) in [6, 6.07) is 27.7. The van der Waals surface area contributed by atoms with Crippen molar-refractivity contribution in [3.63, 3.8) is 0 Å². The van der Waals surface area contributed by atoms with Crippen molar-refractivity contribution in [1.82, 2.24) is 4.98 Å². The first-order chi connectivity index (χ1) is 17.6. The maximum Gasteiger partial charge on any atom is 0.339 e. The van der Waals surface area contributed by atoms with Gasteiger partial charge in [0.1, 0.15) is 5.69 Å². The molecule has 36 heavy (non-hydrogen) atoms. The number of ether oxygens (including phenoxy) is 1. The number of rotatable bonds is 7. The number of hydrogen-bond donors (Lipinski definition) is 1. The highest BCUT2D eigenvalue weighted by Crippen LogP contribution is 2.26. The van der Waals surface area contributed by atoms with Gasteiger partial charge in [-0.3, -0.25) is 9.59 Å². The molecule has 0 radical (unpaired) electrons. The Morgan fingerprint density at radius 1 is 0.806 bits per heavy atom. The van der Waals surface area contributed by atoms with Crippen molar-refractivity contribution in [1.29, 1.82) is 0 Å². The Balaban J connectivity index is 1.33.